The molecule has 0 radical (unpaired) electrons. The van der Waals surface area contributed by atoms with Gasteiger partial charge in [0.2, 0.25) is 0 Å². The van der Waals surface area contributed by atoms with Gasteiger partial charge >= 0.3 is 11.9 Å². The van der Waals surface area contributed by atoms with Gasteiger partial charge in [-0.25, -0.2) is 9.59 Å². The van der Waals surface area contributed by atoms with Gasteiger partial charge in [-0.05, 0) is 49.8 Å². The monoisotopic (exact) mass is 384 g/mol. The van der Waals surface area contributed by atoms with Gasteiger partial charge < -0.3 is 15.2 Å². The van der Waals surface area contributed by atoms with E-state index in [2.05, 4.69) is 0 Å². The molecule has 0 heterocycles. The van der Waals surface area contributed by atoms with Crippen molar-refractivity contribution in [3.63, 3.8) is 0 Å². The lowest BCUT2D eigenvalue weighted by Crippen LogP contribution is -2.06. The van der Waals surface area contributed by atoms with Crippen LogP contribution in [0.1, 0.15) is 45.7 Å². The van der Waals surface area contributed by atoms with E-state index in [1.165, 1.54) is 30.3 Å². The van der Waals surface area contributed by atoms with E-state index in [9.17, 15) is 19.7 Å². The quantitative estimate of drug-likeness (QED) is 0.254. The fraction of sp³-hybridized carbons (Fsp3) is 0.200. The van der Waals surface area contributed by atoms with Crippen molar-refractivity contribution in [1.82, 2.24) is 0 Å². The zero-order valence-electron chi connectivity index (χ0n) is 15.5. The Kier molecular flexibility index (Phi) is 6.86. The Morgan fingerprint density at radius 3 is 1.96 bits per heavy atom. The minimum Gasteiger partial charge on any atom is -0.462 e. The molecular formula is C20H20N2O6. The van der Waals surface area contributed by atoms with E-state index in [1.54, 1.807) is 32.1 Å². The molecule has 0 saturated carbocycles. The second kappa shape index (κ2) is 9.31. The summed E-state index contributed by atoms with van der Waals surface area (Å²) in [5.41, 5.74) is 7.35. The summed E-state index contributed by atoms with van der Waals surface area (Å²) in [6, 6.07) is 8.76. The average molecular weight is 384 g/mol. The van der Waals surface area contributed by atoms with Crippen LogP contribution in [0.5, 0.6) is 0 Å². The Hall–Kier alpha value is -3.68. The molecule has 146 valence electrons. The highest BCUT2D eigenvalue weighted by Crippen LogP contribution is 2.25. The Morgan fingerprint density at radius 2 is 1.46 bits per heavy atom. The molecule has 0 fully saturated rings. The number of anilines is 1. The molecule has 2 N–H and O–H groups in total. The van der Waals surface area contributed by atoms with E-state index in [0.29, 0.717) is 22.4 Å². The first-order valence-corrected chi connectivity index (χ1v) is 8.57. The SMILES string of the molecule is CCOC(=O)c1ccc(/C=C/c2ccc(C(=O)OCC)cc2[N+](=O)[O-])c(N)c1. The topological polar surface area (TPSA) is 122 Å². The Morgan fingerprint density at radius 1 is 0.964 bits per heavy atom. The fourth-order valence-corrected chi connectivity index (χ4v) is 2.43. The number of nitrogens with two attached hydrogens (primary N) is 1. The molecule has 8 nitrogen and oxygen atoms in total. The predicted molar refractivity (Wildman–Crippen MR) is 105 cm³/mol. The highest BCUT2D eigenvalue weighted by atomic mass is 16.6. The first-order valence-electron chi connectivity index (χ1n) is 8.57. The van der Waals surface area contributed by atoms with E-state index in [1.807, 2.05) is 0 Å². The number of esters is 2. The highest BCUT2D eigenvalue weighted by Gasteiger charge is 2.17. The molecule has 0 saturated heterocycles. The summed E-state index contributed by atoms with van der Waals surface area (Å²) in [6.07, 6.45) is 3.11. The second-order valence-corrected chi connectivity index (χ2v) is 5.65. The Labute approximate surface area is 161 Å². The molecule has 0 bridgehead atoms. The van der Waals surface area contributed by atoms with Gasteiger partial charge in [-0.2, -0.15) is 0 Å². The van der Waals surface area contributed by atoms with Gasteiger partial charge in [-0.3, -0.25) is 10.1 Å². The normalized spacial score (nSPS) is 10.6. The number of hydrogen-bond donors (Lipinski definition) is 1. The van der Waals surface area contributed by atoms with Crippen molar-refractivity contribution in [2.45, 2.75) is 13.8 Å². The number of benzene rings is 2. The van der Waals surface area contributed by atoms with E-state index in [-0.39, 0.29) is 24.5 Å². The first-order chi connectivity index (χ1) is 13.4. The summed E-state index contributed by atoms with van der Waals surface area (Å²) >= 11 is 0. The fourth-order valence-electron chi connectivity index (χ4n) is 2.43. The van der Waals surface area contributed by atoms with Gasteiger partial charge in [0.05, 0.1) is 34.8 Å². The van der Waals surface area contributed by atoms with Crippen molar-refractivity contribution >= 4 is 35.5 Å². The molecule has 0 amide bonds. The number of nitrogen functional groups attached to an aromatic ring is 1. The minimum absolute atomic E-state index is 0.101. The van der Waals surface area contributed by atoms with E-state index < -0.39 is 16.9 Å². The molecule has 0 aliphatic carbocycles. The molecule has 2 rings (SSSR count). The van der Waals surface area contributed by atoms with E-state index in [0.717, 1.165) is 0 Å². The third kappa shape index (κ3) is 4.94. The predicted octanol–water partition coefficient (Wildman–Crippen LogP) is 3.70. The van der Waals surface area contributed by atoms with Gasteiger partial charge in [0, 0.05) is 11.8 Å². The van der Waals surface area contributed by atoms with Crippen molar-refractivity contribution < 1.29 is 24.0 Å². The first kappa shape index (κ1) is 20.6. The third-order valence-corrected chi connectivity index (χ3v) is 3.78. The zero-order chi connectivity index (χ0) is 20.7. The zero-order valence-corrected chi connectivity index (χ0v) is 15.5. The Balaban J connectivity index is 2.31. The lowest BCUT2D eigenvalue weighted by Gasteiger charge is -2.06. The maximum Gasteiger partial charge on any atom is 0.338 e. The number of carbonyl (C=O) groups is 2. The number of nitro groups is 1. The molecule has 28 heavy (non-hydrogen) atoms. The summed E-state index contributed by atoms with van der Waals surface area (Å²) in [4.78, 5) is 34.3. The smallest absolute Gasteiger partial charge is 0.338 e. The number of ether oxygens (including phenoxy) is 2. The van der Waals surface area contributed by atoms with Gasteiger partial charge in [-0.15, -0.1) is 0 Å². The molecule has 2 aromatic carbocycles. The number of carbonyl (C=O) groups excluding carboxylic acids is 2. The molecule has 8 heteroatoms. The van der Waals surface area contributed by atoms with Crippen molar-refractivity contribution in [2.24, 2.45) is 0 Å². The number of hydrogen-bond acceptors (Lipinski definition) is 7. The van der Waals surface area contributed by atoms with Crippen LogP contribution in [0.4, 0.5) is 11.4 Å². The van der Waals surface area contributed by atoms with E-state index >= 15 is 0 Å². The molecular weight excluding hydrogens is 364 g/mol. The van der Waals surface area contributed by atoms with Crippen LogP contribution in [-0.2, 0) is 9.47 Å². The van der Waals surface area contributed by atoms with Crippen LogP contribution in [0, 0.1) is 10.1 Å². The average Bonchev–Trinajstić information content (AvgIpc) is 2.67. The Bertz CT molecular complexity index is 936. The van der Waals surface area contributed by atoms with Crippen LogP contribution in [0.2, 0.25) is 0 Å². The van der Waals surface area contributed by atoms with E-state index in [4.69, 9.17) is 15.2 Å². The van der Waals surface area contributed by atoms with Crippen molar-refractivity contribution in [1.29, 1.82) is 0 Å². The summed E-state index contributed by atoms with van der Waals surface area (Å²) < 4.78 is 9.78. The molecule has 0 aliphatic rings. The summed E-state index contributed by atoms with van der Waals surface area (Å²) in [5.74, 6) is -1.10. The van der Waals surface area contributed by atoms with Gasteiger partial charge in [0.25, 0.3) is 5.69 Å². The van der Waals surface area contributed by atoms with Gasteiger partial charge in [0.15, 0.2) is 0 Å². The van der Waals surface area contributed by atoms with Crippen LogP contribution in [0.3, 0.4) is 0 Å². The lowest BCUT2D eigenvalue weighted by molar-refractivity contribution is -0.385. The van der Waals surface area contributed by atoms with Crippen LogP contribution < -0.4 is 5.73 Å². The largest absolute Gasteiger partial charge is 0.462 e. The highest BCUT2D eigenvalue weighted by molar-refractivity contribution is 5.93. The molecule has 0 atom stereocenters. The van der Waals surface area contributed by atoms with Gasteiger partial charge in [-0.1, -0.05) is 12.1 Å². The van der Waals surface area contributed by atoms with Crippen LogP contribution in [-0.4, -0.2) is 30.1 Å². The van der Waals surface area contributed by atoms with Gasteiger partial charge in [0.1, 0.15) is 0 Å². The summed E-state index contributed by atoms with van der Waals surface area (Å²) in [5, 5.41) is 11.4. The molecule has 0 unspecified atom stereocenters. The maximum atomic E-state index is 11.8. The second-order valence-electron chi connectivity index (χ2n) is 5.65. The molecule has 0 aliphatic heterocycles. The minimum atomic E-state index is -0.625. The van der Waals surface area contributed by atoms with Crippen LogP contribution in [0.15, 0.2) is 36.4 Å². The summed E-state index contributed by atoms with van der Waals surface area (Å²) in [7, 11) is 0. The molecule has 2 aromatic rings. The van der Waals surface area contributed by atoms with Crippen molar-refractivity contribution in [3.8, 4) is 0 Å². The third-order valence-electron chi connectivity index (χ3n) is 3.78. The number of rotatable bonds is 7. The standard InChI is InChI=1S/C20H20N2O6/c1-3-27-19(23)15-9-6-13(17(21)11-15)5-7-14-8-10-16(20(24)28-4-2)12-18(14)22(25)26/h5-12H,3-4,21H2,1-2H3/b7-5+. The maximum absolute atomic E-state index is 11.8. The van der Waals surface area contributed by atoms with Crippen LogP contribution in [0.25, 0.3) is 12.2 Å². The summed E-state index contributed by atoms with van der Waals surface area (Å²) in [6.45, 7) is 3.79. The number of nitrogens with zero attached hydrogens (tertiary/aromatic N) is 1. The molecule has 0 aromatic heterocycles. The van der Waals surface area contributed by atoms with Crippen LogP contribution >= 0.6 is 0 Å². The lowest BCUT2D eigenvalue weighted by atomic mass is 10.1. The number of nitro benzene ring substituents is 1. The van der Waals surface area contributed by atoms with Crippen molar-refractivity contribution in [2.75, 3.05) is 18.9 Å². The van der Waals surface area contributed by atoms with Crippen molar-refractivity contribution in [3.05, 3.63) is 68.8 Å². The molecule has 0 spiro atoms.